The van der Waals surface area contributed by atoms with Crippen LogP contribution in [0.5, 0.6) is 5.75 Å². The van der Waals surface area contributed by atoms with Crippen LogP contribution in [0.2, 0.25) is 5.02 Å². The third-order valence-corrected chi connectivity index (χ3v) is 5.00. The van der Waals surface area contributed by atoms with Crippen LogP contribution in [-0.2, 0) is 12.0 Å². The summed E-state index contributed by atoms with van der Waals surface area (Å²) in [5.74, 6) is 0.852. The van der Waals surface area contributed by atoms with Crippen LogP contribution in [0.1, 0.15) is 11.1 Å². The maximum absolute atomic E-state index is 6.15. The van der Waals surface area contributed by atoms with Gasteiger partial charge in [0.15, 0.2) is 5.60 Å². The molecule has 2 nitrogen and oxygen atoms in total. The average molecular weight is 339 g/mol. The summed E-state index contributed by atoms with van der Waals surface area (Å²) in [6, 6.07) is 13.8. The van der Waals surface area contributed by atoms with Crippen molar-refractivity contribution in [2.24, 2.45) is 5.73 Å². The van der Waals surface area contributed by atoms with E-state index in [-0.39, 0.29) is 0 Å². The van der Waals surface area contributed by atoms with Crippen LogP contribution >= 0.6 is 27.5 Å². The van der Waals surface area contributed by atoms with E-state index in [1.54, 1.807) is 0 Å². The first-order chi connectivity index (χ1) is 9.16. The van der Waals surface area contributed by atoms with Crippen molar-refractivity contribution in [1.82, 2.24) is 0 Å². The number of rotatable bonds is 2. The van der Waals surface area contributed by atoms with Gasteiger partial charge in [-0.3, -0.25) is 0 Å². The summed E-state index contributed by atoms with van der Waals surface area (Å²) in [6.45, 7) is 0.426. The fourth-order valence-electron chi connectivity index (χ4n) is 2.50. The van der Waals surface area contributed by atoms with Crippen LogP contribution in [0, 0.1) is 0 Å². The van der Waals surface area contributed by atoms with Gasteiger partial charge in [0.1, 0.15) is 5.75 Å². The molecular formula is C15H13BrClNO. The van der Waals surface area contributed by atoms with E-state index < -0.39 is 5.60 Å². The van der Waals surface area contributed by atoms with Crippen molar-refractivity contribution in [3.63, 3.8) is 0 Å². The van der Waals surface area contributed by atoms with Gasteiger partial charge in [-0.05, 0) is 33.6 Å². The number of nitrogens with two attached hydrogens (primary N) is 1. The lowest BCUT2D eigenvalue weighted by Gasteiger charge is -2.27. The summed E-state index contributed by atoms with van der Waals surface area (Å²) in [4.78, 5) is 0. The first kappa shape index (κ1) is 13.0. The topological polar surface area (TPSA) is 35.2 Å². The molecule has 0 saturated heterocycles. The van der Waals surface area contributed by atoms with E-state index in [9.17, 15) is 0 Å². The summed E-state index contributed by atoms with van der Waals surface area (Å²) in [5, 5.41) is 0.697. The summed E-state index contributed by atoms with van der Waals surface area (Å²) >= 11 is 9.67. The Kier molecular flexibility index (Phi) is 3.29. The highest BCUT2D eigenvalue weighted by atomic mass is 79.9. The summed E-state index contributed by atoms with van der Waals surface area (Å²) in [7, 11) is 0. The van der Waals surface area contributed by atoms with Crippen molar-refractivity contribution >= 4 is 27.5 Å². The minimum absolute atomic E-state index is 0.426. The van der Waals surface area contributed by atoms with E-state index in [0.717, 1.165) is 27.8 Å². The molecule has 19 heavy (non-hydrogen) atoms. The Morgan fingerprint density at radius 2 is 1.95 bits per heavy atom. The SMILES string of the molecule is NCC1(c2ccccc2)Cc2c(ccc(Cl)c2Br)O1. The molecule has 3 rings (SSSR count). The van der Waals surface area contributed by atoms with E-state index in [0.29, 0.717) is 11.6 Å². The quantitative estimate of drug-likeness (QED) is 0.901. The highest BCUT2D eigenvalue weighted by Crippen LogP contribution is 2.45. The van der Waals surface area contributed by atoms with Gasteiger partial charge >= 0.3 is 0 Å². The Bertz CT molecular complexity index is 617. The molecule has 2 aromatic rings. The maximum atomic E-state index is 6.15. The van der Waals surface area contributed by atoms with E-state index in [1.165, 1.54) is 0 Å². The van der Waals surface area contributed by atoms with Crippen molar-refractivity contribution in [2.75, 3.05) is 6.54 Å². The summed E-state index contributed by atoms with van der Waals surface area (Å²) in [5.41, 5.74) is 7.68. The van der Waals surface area contributed by atoms with Gasteiger partial charge in [0.25, 0.3) is 0 Å². The molecule has 0 fully saturated rings. The third kappa shape index (κ3) is 2.06. The second kappa shape index (κ2) is 4.82. The fraction of sp³-hybridized carbons (Fsp3) is 0.200. The van der Waals surface area contributed by atoms with Crippen molar-refractivity contribution in [2.45, 2.75) is 12.0 Å². The molecule has 0 amide bonds. The highest BCUT2D eigenvalue weighted by molar-refractivity contribution is 9.10. The normalized spacial score (nSPS) is 21.0. The molecule has 0 spiro atoms. The Balaban J connectivity index is 2.08. The lowest BCUT2D eigenvalue weighted by atomic mass is 9.89. The smallest absolute Gasteiger partial charge is 0.150 e. The predicted octanol–water partition coefficient (Wildman–Crippen LogP) is 3.89. The number of halogens is 2. The predicted molar refractivity (Wildman–Crippen MR) is 80.7 cm³/mol. The van der Waals surface area contributed by atoms with Gasteiger partial charge in [0.2, 0.25) is 0 Å². The molecule has 0 aliphatic carbocycles. The Morgan fingerprint density at radius 3 is 2.63 bits per heavy atom. The summed E-state index contributed by atoms with van der Waals surface area (Å²) < 4.78 is 7.05. The lowest BCUT2D eigenvalue weighted by molar-refractivity contribution is 0.103. The fourth-order valence-corrected chi connectivity index (χ4v) is 3.15. The van der Waals surface area contributed by atoms with Crippen LogP contribution in [0.25, 0.3) is 0 Å². The molecule has 0 radical (unpaired) electrons. The van der Waals surface area contributed by atoms with Crippen LogP contribution in [0.3, 0.4) is 0 Å². The van der Waals surface area contributed by atoms with Gasteiger partial charge in [0, 0.05) is 23.0 Å². The van der Waals surface area contributed by atoms with E-state index >= 15 is 0 Å². The van der Waals surface area contributed by atoms with Crippen molar-refractivity contribution in [1.29, 1.82) is 0 Å². The molecule has 0 bridgehead atoms. The van der Waals surface area contributed by atoms with Gasteiger partial charge in [-0.1, -0.05) is 41.9 Å². The van der Waals surface area contributed by atoms with E-state index in [2.05, 4.69) is 15.9 Å². The molecule has 1 unspecified atom stereocenters. The number of hydrogen-bond acceptors (Lipinski definition) is 2. The maximum Gasteiger partial charge on any atom is 0.150 e. The van der Waals surface area contributed by atoms with Crippen molar-refractivity contribution in [3.05, 3.63) is 63.1 Å². The van der Waals surface area contributed by atoms with Gasteiger partial charge in [-0.25, -0.2) is 0 Å². The number of benzene rings is 2. The molecule has 98 valence electrons. The summed E-state index contributed by atoms with van der Waals surface area (Å²) in [6.07, 6.45) is 0.726. The van der Waals surface area contributed by atoms with E-state index in [4.69, 9.17) is 22.1 Å². The molecule has 1 aliphatic heterocycles. The van der Waals surface area contributed by atoms with Crippen molar-refractivity contribution < 1.29 is 4.74 Å². The van der Waals surface area contributed by atoms with Crippen LogP contribution in [-0.4, -0.2) is 6.54 Å². The number of hydrogen-bond donors (Lipinski definition) is 1. The zero-order chi connectivity index (χ0) is 13.5. The van der Waals surface area contributed by atoms with E-state index in [1.807, 2.05) is 42.5 Å². The molecule has 4 heteroatoms. The number of ether oxygens (including phenoxy) is 1. The minimum Gasteiger partial charge on any atom is -0.481 e. The van der Waals surface area contributed by atoms with Crippen LogP contribution in [0.15, 0.2) is 46.9 Å². The zero-order valence-electron chi connectivity index (χ0n) is 10.2. The standard InChI is InChI=1S/C15H13BrClNO/c16-14-11-8-15(9-18,10-4-2-1-3-5-10)19-13(11)7-6-12(14)17/h1-7H,8-9,18H2. The Morgan fingerprint density at radius 1 is 1.21 bits per heavy atom. The Labute approximate surface area is 125 Å². The molecule has 1 aliphatic rings. The lowest BCUT2D eigenvalue weighted by Crippen LogP contribution is -2.39. The monoisotopic (exact) mass is 337 g/mol. The zero-order valence-corrected chi connectivity index (χ0v) is 12.5. The largest absolute Gasteiger partial charge is 0.481 e. The molecule has 1 atom stereocenters. The highest BCUT2D eigenvalue weighted by Gasteiger charge is 2.41. The van der Waals surface area contributed by atoms with Gasteiger partial charge in [0.05, 0.1) is 5.02 Å². The molecule has 0 saturated carbocycles. The Hall–Kier alpha value is -1.03. The van der Waals surface area contributed by atoms with Crippen molar-refractivity contribution in [3.8, 4) is 5.75 Å². The third-order valence-electron chi connectivity index (χ3n) is 3.55. The molecule has 2 N–H and O–H groups in total. The van der Waals surface area contributed by atoms with Crippen LogP contribution < -0.4 is 10.5 Å². The molecule has 0 aromatic heterocycles. The number of fused-ring (bicyclic) bond motifs is 1. The van der Waals surface area contributed by atoms with Gasteiger partial charge < -0.3 is 10.5 Å². The molecular weight excluding hydrogens is 326 g/mol. The second-order valence-electron chi connectivity index (χ2n) is 4.68. The van der Waals surface area contributed by atoms with Crippen LogP contribution in [0.4, 0.5) is 0 Å². The minimum atomic E-state index is -0.489. The molecule has 2 aromatic carbocycles. The first-order valence-electron chi connectivity index (χ1n) is 6.08. The van der Waals surface area contributed by atoms with Gasteiger partial charge in [-0.2, -0.15) is 0 Å². The second-order valence-corrected chi connectivity index (χ2v) is 5.88. The average Bonchev–Trinajstić information content (AvgIpc) is 2.85. The first-order valence-corrected chi connectivity index (χ1v) is 7.25. The molecule has 1 heterocycles. The van der Waals surface area contributed by atoms with Gasteiger partial charge in [-0.15, -0.1) is 0 Å².